The number of rotatable bonds is 6. The molecular weight excluding hydrogens is 295 g/mol. The first-order valence-corrected chi connectivity index (χ1v) is 7.83. The monoisotopic (exact) mass is 326 g/mol. The molecule has 0 rings (SSSR count). The van der Waals surface area contributed by atoms with Crippen molar-refractivity contribution in [2.24, 2.45) is 16.2 Å². The zero-order chi connectivity index (χ0) is 18.5. The summed E-state index contributed by atoms with van der Waals surface area (Å²) >= 11 is 0. The normalized spacial score (nSPS) is 16.2. The summed E-state index contributed by atoms with van der Waals surface area (Å²) < 4.78 is 5.32. The molecule has 7 heteroatoms. The van der Waals surface area contributed by atoms with Crippen LogP contribution in [0.1, 0.15) is 54.9 Å². The highest BCUT2D eigenvalue weighted by Crippen LogP contribution is 2.47. The minimum Gasteiger partial charge on any atom is -0.462 e. The van der Waals surface area contributed by atoms with E-state index >= 15 is 0 Å². The second-order valence-corrected chi connectivity index (χ2v) is 8.43. The maximum absolute atomic E-state index is 12.6. The van der Waals surface area contributed by atoms with Gasteiger partial charge in [-0.05, 0) is 24.2 Å². The van der Waals surface area contributed by atoms with E-state index in [0.29, 0.717) is 6.42 Å². The predicted octanol–water partition coefficient (Wildman–Crippen LogP) is 1.76. The highest BCUT2D eigenvalue weighted by molar-refractivity contribution is 6.13. The Labute approximate surface area is 141 Å². The minimum atomic E-state index is -0.991. The first kappa shape index (κ1) is 21.8. The Morgan fingerprint density at radius 2 is 1.65 bits per heavy atom. The van der Waals surface area contributed by atoms with Gasteiger partial charge in [-0.15, -0.1) is 0 Å². The van der Waals surface area contributed by atoms with Gasteiger partial charge in [0.15, 0.2) is 0 Å². The Hall–Kier alpha value is -1.24. The number of ether oxygens (including phenoxy) is 1. The summed E-state index contributed by atoms with van der Waals surface area (Å²) in [5.41, 5.74) is -1.02. The molecule has 0 aromatic heterocycles. The number of aliphatic hydroxyl groups excluding tert-OH is 1. The van der Waals surface area contributed by atoms with E-state index < -0.39 is 17.6 Å². The topological polar surface area (TPSA) is 87.7 Å². The van der Waals surface area contributed by atoms with E-state index in [-0.39, 0.29) is 30.0 Å². The van der Waals surface area contributed by atoms with Crippen molar-refractivity contribution in [1.82, 2.24) is 10.5 Å². The van der Waals surface area contributed by atoms with Gasteiger partial charge >= 0.3 is 12.0 Å². The Balaban J connectivity index is 4.78. The lowest BCUT2D eigenvalue weighted by atomic mass is 9.61. The minimum absolute atomic E-state index is 0.0412. The van der Waals surface area contributed by atoms with Crippen LogP contribution in [0.4, 0.5) is 4.79 Å². The lowest BCUT2D eigenvalue weighted by Crippen LogP contribution is -2.46. The molecule has 0 fully saturated rings. The molecule has 0 aliphatic carbocycles. The Bertz CT molecular complexity index is 415. The maximum Gasteiger partial charge on any atom is 0.312 e. The van der Waals surface area contributed by atoms with Crippen molar-refractivity contribution in [2.45, 2.75) is 61.0 Å². The van der Waals surface area contributed by atoms with Crippen molar-refractivity contribution >= 4 is 20.0 Å². The number of aliphatic hydroxyl groups is 1. The van der Waals surface area contributed by atoms with Crippen molar-refractivity contribution in [2.75, 3.05) is 13.2 Å². The number of nitrogens with one attached hydrogen (secondary N) is 2. The summed E-state index contributed by atoms with van der Waals surface area (Å²) in [4.78, 5) is 23.6. The van der Waals surface area contributed by atoms with Crippen LogP contribution in [0.3, 0.4) is 0 Å². The largest absolute Gasteiger partial charge is 0.462 e. The number of carbonyl (C=O) groups excluding carboxylic acids is 2. The third-order valence-corrected chi connectivity index (χ3v) is 4.03. The van der Waals surface area contributed by atoms with Gasteiger partial charge in [0.2, 0.25) is 7.98 Å². The summed E-state index contributed by atoms with van der Waals surface area (Å²) in [6.45, 7) is 13.9. The third kappa shape index (κ3) is 7.25. The third-order valence-electron chi connectivity index (χ3n) is 4.03. The molecule has 0 spiro atoms. The fourth-order valence-electron chi connectivity index (χ4n) is 2.36. The standard InChI is InChI=1S/C16H31BN2O4/c1-14(2,3)10-16(7,15(4,5)6)12(21)23-9-11(20)8-18-13(22)19-17/h11,20H,8-10H2,1-7H3,(H2,18,19,22). The molecule has 2 radical (unpaired) electrons. The Morgan fingerprint density at radius 1 is 1.13 bits per heavy atom. The van der Waals surface area contributed by atoms with E-state index in [4.69, 9.17) is 12.7 Å². The van der Waals surface area contributed by atoms with Gasteiger partial charge < -0.3 is 20.4 Å². The molecule has 0 saturated heterocycles. The summed E-state index contributed by atoms with van der Waals surface area (Å²) in [5, 5.41) is 14.0. The zero-order valence-electron chi connectivity index (χ0n) is 15.4. The summed E-state index contributed by atoms with van der Waals surface area (Å²) in [6.07, 6.45) is -0.332. The Morgan fingerprint density at radius 3 is 2.04 bits per heavy atom. The van der Waals surface area contributed by atoms with Crippen LogP contribution in [0, 0.1) is 16.2 Å². The molecule has 0 aliphatic heterocycles. The van der Waals surface area contributed by atoms with Crippen molar-refractivity contribution < 1.29 is 19.4 Å². The number of hydrogen-bond acceptors (Lipinski definition) is 4. The number of carbonyl (C=O) groups is 2. The van der Waals surface area contributed by atoms with Gasteiger partial charge in [0.05, 0.1) is 5.41 Å². The van der Waals surface area contributed by atoms with Gasteiger partial charge in [-0.3, -0.25) is 9.59 Å². The summed E-state index contributed by atoms with van der Waals surface area (Å²) in [6, 6.07) is -0.609. The van der Waals surface area contributed by atoms with Crippen LogP contribution >= 0.6 is 0 Å². The van der Waals surface area contributed by atoms with E-state index in [0.717, 1.165) is 0 Å². The smallest absolute Gasteiger partial charge is 0.312 e. The van der Waals surface area contributed by atoms with Crippen molar-refractivity contribution in [1.29, 1.82) is 0 Å². The SMILES string of the molecule is [B]NC(=O)NCC(O)COC(=O)C(C)(CC(C)(C)C)C(C)(C)C. The first-order valence-electron chi connectivity index (χ1n) is 7.83. The zero-order valence-corrected chi connectivity index (χ0v) is 15.4. The molecule has 0 aromatic carbocycles. The second kappa shape index (κ2) is 8.04. The molecule has 0 aromatic rings. The van der Waals surface area contributed by atoms with Crippen LogP contribution in [0.5, 0.6) is 0 Å². The average molecular weight is 326 g/mol. The van der Waals surface area contributed by atoms with Crippen LogP contribution in [-0.4, -0.2) is 44.3 Å². The highest BCUT2D eigenvalue weighted by atomic mass is 16.5. The highest BCUT2D eigenvalue weighted by Gasteiger charge is 2.47. The van der Waals surface area contributed by atoms with E-state index in [2.05, 4.69) is 26.1 Å². The van der Waals surface area contributed by atoms with Crippen LogP contribution in [-0.2, 0) is 9.53 Å². The second-order valence-electron chi connectivity index (χ2n) is 8.43. The molecule has 2 atom stereocenters. The molecule has 0 aliphatic rings. The van der Waals surface area contributed by atoms with Gasteiger partial charge in [-0.1, -0.05) is 41.5 Å². The lowest BCUT2D eigenvalue weighted by molar-refractivity contribution is -0.167. The summed E-state index contributed by atoms with van der Waals surface area (Å²) in [5.74, 6) is -0.345. The van der Waals surface area contributed by atoms with Crippen LogP contribution in [0.25, 0.3) is 0 Å². The van der Waals surface area contributed by atoms with Gasteiger partial charge in [0, 0.05) is 6.54 Å². The van der Waals surface area contributed by atoms with E-state index in [9.17, 15) is 14.7 Å². The molecule has 3 N–H and O–H groups in total. The molecule has 2 unspecified atom stereocenters. The van der Waals surface area contributed by atoms with Crippen LogP contribution in [0.15, 0.2) is 0 Å². The molecule has 132 valence electrons. The molecule has 0 saturated carbocycles. The summed E-state index contributed by atoms with van der Waals surface area (Å²) in [7, 11) is 4.92. The molecule has 6 nitrogen and oxygen atoms in total. The van der Waals surface area contributed by atoms with Crippen molar-refractivity contribution in [3.05, 3.63) is 0 Å². The van der Waals surface area contributed by atoms with Gasteiger partial charge in [-0.2, -0.15) is 0 Å². The number of amides is 2. The number of hydrogen-bond donors (Lipinski definition) is 3. The quantitative estimate of drug-likeness (QED) is 0.513. The number of esters is 1. The molecule has 0 bridgehead atoms. The van der Waals surface area contributed by atoms with E-state index in [1.54, 1.807) is 0 Å². The van der Waals surface area contributed by atoms with Crippen LogP contribution in [0.2, 0.25) is 0 Å². The fourth-order valence-corrected chi connectivity index (χ4v) is 2.36. The van der Waals surface area contributed by atoms with Gasteiger partial charge in [-0.25, -0.2) is 0 Å². The molecular formula is C16H31BN2O4. The predicted molar refractivity (Wildman–Crippen MR) is 90.9 cm³/mol. The van der Waals surface area contributed by atoms with Crippen molar-refractivity contribution in [3.63, 3.8) is 0 Å². The van der Waals surface area contributed by atoms with E-state index in [1.807, 2.05) is 32.9 Å². The van der Waals surface area contributed by atoms with E-state index in [1.165, 1.54) is 0 Å². The van der Waals surface area contributed by atoms with Crippen LogP contribution < -0.4 is 10.5 Å². The van der Waals surface area contributed by atoms with Gasteiger partial charge in [0.25, 0.3) is 0 Å². The molecule has 2 amide bonds. The van der Waals surface area contributed by atoms with Crippen molar-refractivity contribution in [3.8, 4) is 0 Å². The van der Waals surface area contributed by atoms with Gasteiger partial charge in [0.1, 0.15) is 12.7 Å². The molecule has 0 heterocycles. The first-order chi connectivity index (χ1) is 10.2. The maximum atomic E-state index is 12.6. The average Bonchev–Trinajstić information content (AvgIpc) is 2.38. The fraction of sp³-hybridized carbons (Fsp3) is 0.875. The lowest BCUT2D eigenvalue weighted by Gasteiger charge is -2.43. The number of urea groups is 1. The Kier molecular flexibility index (Phi) is 7.61. The molecule has 23 heavy (non-hydrogen) atoms.